The number of benzene rings is 1. The highest BCUT2D eigenvalue weighted by Gasteiger charge is 2.34. The van der Waals surface area contributed by atoms with Crippen molar-refractivity contribution in [1.82, 2.24) is 15.3 Å². The van der Waals surface area contributed by atoms with Crippen LogP contribution in [0.1, 0.15) is 38.3 Å². The quantitative estimate of drug-likeness (QED) is 0.890. The first-order valence-corrected chi connectivity index (χ1v) is 7.23. The van der Waals surface area contributed by atoms with Crippen molar-refractivity contribution in [3.8, 4) is 0 Å². The Morgan fingerprint density at radius 3 is 2.68 bits per heavy atom. The molecule has 100 valence electrons. The zero-order chi connectivity index (χ0) is 13.1. The molecule has 19 heavy (non-hydrogen) atoms. The molecule has 0 amide bonds. The molecule has 1 heterocycles. The van der Waals surface area contributed by atoms with Crippen molar-refractivity contribution in [1.29, 1.82) is 0 Å². The van der Waals surface area contributed by atoms with Gasteiger partial charge >= 0.3 is 0 Å². The van der Waals surface area contributed by atoms with E-state index >= 15 is 0 Å². The van der Waals surface area contributed by atoms with Crippen LogP contribution < -0.4 is 5.32 Å². The summed E-state index contributed by atoms with van der Waals surface area (Å²) in [7, 11) is 0. The van der Waals surface area contributed by atoms with Gasteiger partial charge in [-0.05, 0) is 36.8 Å². The third-order valence-corrected chi connectivity index (χ3v) is 4.47. The maximum atomic E-state index is 4.64. The fourth-order valence-electron chi connectivity index (χ4n) is 2.87. The van der Waals surface area contributed by atoms with E-state index in [0.717, 1.165) is 29.8 Å². The molecule has 3 nitrogen and oxygen atoms in total. The van der Waals surface area contributed by atoms with Gasteiger partial charge in [0.2, 0.25) is 0 Å². The molecule has 1 N–H and O–H groups in total. The molecule has 1 aromatic carbocycles. The number of fused-ring (bicyclic) bond motifs is 1. The Bertz CT molecular complexity index is 555. The first-order valence-electron chi connectivity index (χ1n) is 7.23. The molecule has 1 aliphatic rings. The number of rotatable bonds is 5. The molecular formula is C16H21N3. The minimum atomic E-state index is 0.560. The lowest BCUT2D eigenvalue weighted by atomic mass is 9.67. The second-order valence-corrected chi connectivity index (χ2v) is 5.66. The summed E-state index contributed by atoms with van der Waals surface area (Å²) >= 11 is 0. The van der Waals surface area contributed by atoms with E-state index in [4.69, 9.17) is 0 Å². The Balaban J connectivity index is 1.62. The smallest absolute Gasteiger partial charge is 0.0890 e. The van der Waals surface area contributed by atoms with Gasteiger partial charge in [0.1, 0.15) is 0 Å². The number of aromatic nitrogens is 2. The summed E-state index contributed by atoms with van der Waals surface area (Å²) in [6.45, 7) is 4.23. The third-order valence-electron chi connectivity index (χ3n) is 4.47. The molecule has 0 bridgehead atoms. The van der Waals surface area contributed by atoms with E-state index < -0.39 is 0 Å². The van der Waals surface area contributed by atoms with Crippen LogP contribution >= 0.6 is 0 Å². The SMILES string of the molecule is CCC1(CNCc2cnc3ccccc3n2)CCC1. The molecular weight excluding hydrogens is 234 g/mol. The molecule has 0 aliphatic heterocycles. The van der Waals surface area contributed by atoms with Gasteiger partial charge in [0.25, 0.3) is 0 Å². The summed E-state index contributed by atoms with van der Waals surface area (Å²) in [5.41, 5.74) is 3.54. The molecule has 2 aromatic rings. The van der Waals surface area contributed by atoms with Gasteiger partial charge in [-0.3, -0.25) is 4.98 Å². The molecule has 1 aromatic heterocycles. The predicted octanol–water partition coefficient (Wildman–Crippen LogP) is 3.30. The van der Waals surface area contributed by atoms with Crippen LogP contribution in [0.5, 0.6) is 0 Å². The number of hydrogen-bond acceptors (Lipinski definition) is 3. The van der Waals surface area contributed by atoms with Crippen LogP contribution in [0.2, 0.25) is 0 Å². The second-order valence-electron chi connectivity index (χ2n) is 5.66. The van der Waals surface area contributed by atoms with E-state index in [2.05, 4.69) is 22.2 Å². The lowest BCUT2D eigenvalue weighted by molar-refractivity contribution is 0.123. The number of hydrogen-bond donors (Lipinski definition) is 1. The molecule has 3 heteroatoms. The molecule has 1 saturated carbocycles. The summed E-state index contributed by atoms with van der Waals surface area (Å²) in [6.07, 6.45) is 7.31. The monoisotopic (exact) mass is 255 g/mol. The van der Waals surface area contributed by atoms with Crippen molar-refractivity contribution in [2.75, 3.05) is 6.54 Å². The maximum absolute atomic E-state index is 4.64. The summed E-state index contributed by atoms with van der Waals surface area (Å²) in [4.78, 5) is 9.09. The lowest BCUT2D eigenvalue weighted by Crippen LogP contribution is -2.39. The van der Waals surface area contributed by atoms with Gasteiger partial charge in [-0.2, -0.15) is 0 Å². The average molecular weight is 255 g/mol. The van der Waals surface area contributed by atoms with Crippen molar-refractivity contribution in [3.63, 3.8) is 0 Å². The summed E-state index contributed by atoms with van der Waals surface area (Å²) in [6, 6.07) is 8.02. The van der Waals surface area contributed by atoms with Crippen molar-refractivity contribution in [2.45, 2.75) is 39.2 Å². The van der Waals surface area contributed by atoms with Gasteiger partial charge in [-0.15, -0.1) is 0 Å². The van der Waals surface area contributed by atoms with Crippen molar-refractivity contribution < 1.29 is 0 Å². The third kappa shape index (κ3) is 2.61. The lowest BCUT2D eigenvalue weighted by Gasteiger charge is -2.41. The van der Waals surface area contributed by atoms with Gasteiger partial charge in [-0.25, -0.2) is 4.98 Å². The highest BCUT2D eigenvalue weighted by Crippen LogP contribution is 2.43. The highest BCUT2D eigenvalue weighted by atomic mass is 14.9. The van der Waals surface area contributed by atoms with Gasteiger partial charge in [0.05, 0.1) is 22.9 Å². The molecule has 0 saturated heterocycles. The Hall–Kier alpha value is -1.48. The van der Waals surface area contributed by atoms with Crippen molar-refractivity contribution in [3.05, 3.63) is 36.2 Å². The summed E-state index contributed by atoms with van der Waals surface area (Å²) in [5, 5.41) is 3.56. The Morgan fingerprint density at radius 1 is 1.21 bits per heavy atom. The topological polar surface area (TPSA) is 37.8 Å². The van der Waals surface area contributed by atoms with Crippen LogP contribution in [0.25, 0.3) is 11.0 Å². The van der Waals surface area contributed by atoms with Crippen LogP contribution in [0, 0.1) is 5.41 Å². The summed E-state index contributed by atoms with van der Waals surface area (Å²) < 4.78 is 0. The zero-order valence-electron chi connectivity index (χ0n) is 11.5. The van der Waals surface area contributed by atoms with Crippen LogP contribution in [0.15, 0.2) is 30.5 Å². The molecule has 0 unspecified atom stereocenters. The predicted molar refractivity (Wildman–Crippen MR) is 77.8 cm³/mol. The molecule has 1 aliphatic carbocycles. The van der Waals surface area contributed by atoms with E-state index in [0.29, 0.717) is 5.41 Å². The van der Waals surface area contributed by atoms with Gasteiger partial charge in [0.15, 0.2) is 0 Å². The first kappa shape index (κ1) is 12.5. The minimum absolute atomic E-state index is 0.560. The van der Waals surface area contributed by atoms with E-state index in [1.54, 1.807) is 0 Å². The van der Waals surface area contributed by atoms with Crippen LogP contribution in [-0.4, -0.2) is 16.5 Å². The number of nitrogens with one attached hydrogen (secondary N) is 1. The van der Waals surface area contributed by atoms with Crippen LogP contribution in [0.4, 0.5) is 0 Å². The van der Waals surface area contributed by atoms with Crippen molar-refractivity contribution >= 4 is 11.0 Å². The first-order chi connectivity index (χ1) is 9.31. The zero-order valence-corrected chi connectivity index (χ0v) is 11.5. The van der Waals surface area contributed by atoms with E-state index in [1.807, 2.05) is 30.5 Å². The van der Waals surface area contributed by atoms with E-state index in [9.17, 15) is 0 Å². The summed E-state index contributed by atoms with van der Waals surface area (Å²) in [5.74, 6) is 0. The fraction of sp³-hybridized carbons (Fsp3) is 0.500. The van der Waals surface area contributed by atoms with Crippen LogP contribution in [0.3, 0.4) is 0 Å². The van der Waals surface area contributed by atoms with Crippen molar-refractivity contribution in [2.24, 2.45) is 5.41 Å². The number of para-hydroxylation sites is 2. The van der Waals surface area contributed by atoms with Gasteiger partial charge in [-0.1, -0.05) is 25.5 Å². The van der Waals surface area contributed by atoms with Crippen LogP contribution in [-0.2, 0) is 6.54 Å². The van der Waals surface area contributed by atoms with Gasteiger partial charge in [0, 0.05) is 13.1 Å². The van der Waals surface area contributed by atoms with E-state index in [-0.39, 0.29) is 0 Å². The fourth-order valence-corrected chi connectivity index (χ4v) is 2.87. The largest absolute Gasteiger partial charge is 0.311 e. The van der Waals surface area contributed by atoms with E-state index in [1.165, 1.54) is 25.7 Å². The highest BCUT2D eigenvalue weighted by molar-refractivity contribution is 5.73. The minimum Gasteiger partial charge on any atom is -0.311 e. The Morgan fingerprint density at radius 2 is 2.00 bits per heavy atom. The van der Waals surface area contributed by atoms with Gasteiger partial charge < -0.3 is 5.32 Å². The number of nitrogens with zero attached hydrogens (tertiary/aromatic N) is 2. The molecule has 3 rings (SSSR count). The Kier molecular flexibility index (Phi) is 3.47. The normalized spacial score (nSPS) is 17.3. The average Bonchev–Trinajstić information content (AvgIpc) is 2.42. The standard InChI is InChI=1S/C16H21N3/c1-2-16(8-5-9-16)12-17-10-13-11-18-14-6-3-4-7-15(14)19-13/h3-4,6-7,11,17H,2,5,8-10,12H2,1H3. The maximum Gasteiger partial charge on any atom is 0.0890 e. The Labute approximate surface area is 114 Å². The molecule has 1 fully saturated rings. The molecule has 0 atom stereocenters. The molecule has 0 radical (unpaired) electrons. The molecule has 0 spiro atoms. The second kappa shape index (κ2) is 5.25.